The van der Waals surface area contributed by atoms with Crippen LogP contribution in [0.15, 0.2) is 0 Å². The second kappa shape index (κ2) is 2.08. The lowest BCUT2D eigenvalue weighted by atomic mass is 10.5. The lowest BCUT2D eigenvalue weighted by Gasteiger charge is -2.13. The van der Waals surface area contributed by atoms with E-state index in [1.807, 2.05) is 0 Å². The molecule has 1 aliphatic rings. The molecule has 0 aromatic carbocycles. The van der Waals surface area contributed by atoms with Crippen LogP contribution in [-0.4, -0.2) is 18.8 Å². The molecule has 0 N–H and O–H groups in total. The van der Waals surface area contributed by atoms with Gasteiger partial charge in [-0.3, -0.25) is 4.21 Å². The van der Waals surface area contributed by atoms with E-state index in [0.717, 1.165) is 12.8 Å². The van der Waals surface area contributed by atoms with E-state index in [0.29, 0.717) is 5.33 Å². The van der Waals surface area contributed by atoms with Gasteiger partial charge in [-0.05, 0) is 23.9 Å². The highest BCUT2D eigenvalue weighted by molar-refractivity contribution is 9.09. The first-order chi connectivity index (χ1) is 3.71. The highest BCUT2D eigenvalue weighted by Gasteiger charge is 2.42. The Labute approximate surface area is 59.1 Å². The van der Waals surface area contributed by atoms with Gasteiger partial charge in [0, 0.05) is 10.1 Å². The maximum atomic E-state index is 10.3. The Balaban J connectivity index is 2.53. The van der Waals surface area contributed by atoms with E-state index in [-0.39, 0.29) is 4.75 Å². The molecule has 1 aliphatic carbocycles. The maximum Gasteiger partial charge on any atom is 0.0425 e. The molecule has 1 saturated carbocycles. The van der Waals surface area contributed by atoms with E-state index in [9.17, 15) is 8.76 Å². The fourth-order valence-electron chi connectivity index (χ4n) is 0.484. The van der Waals surface area contributed by atoms with Crippen LogP contribution >= 0.6 is 15.9 Å². The lowest BCUT2D eigenvalue weighted by Crippen LogP contribution is -2.16. The Morgan fingerprint density at radius 1 is 1.75 bits per heavy atom. The summed E-state index contributed by atoms with van der Waals surface area (Å²) in [6.07, 6.45) is 1.66. The van der Waals surface area contributed by atoms with Crippen molar-refractivity contribution in [3.8, 4) is 0 Å². The van der Waals surface area contributed by atoms with Crippen LogP contribution in [0, 0.1) is 0 Å². The van der Waals surface area contributed by atoms with Crippen LogP contribution in [-0.2, 0) is 11.1 Å². The van der Waals surface area contributed by atoms with Crippen molar-refractivity contribution in [3.63, 3.8) is 0 Å². The summed E-state index contributed by atoms with van der Waals surface area (Å²) in [7, 11) is 0. The molecule has 1 rings (SSSR count). The molecular formula is C4H6BrO2S-. The zero-order chi connectivity index (χ0) is 6.20. The van der Waals surface area contributed by atoms with E-state index >= 15 is 0 Å². The molecule has 0 spiro atoms. The second-order valence-corrected chi connectivity index (χ2v) is 3.95. The Morgan fingerprint density at radius 2 is 2.25 bits per heavy atom. The summed E-state index contributed by atoms with van der Waals surface area (Å²) in [4.78, 5) is 0. The molecule has 4 heteroatoms. The molecule has 1 unspecified atom stereocenters. The molecule has 0 heterocycles. The van der Waals surface area contributed by atoms with Gasteiger partial charge in [-0.1, -0.05) is 15.9 Å². The van der Waals surface area contributed by atoms with Gasteiger partial charge in [0.2, 0.25) is 0 Å². The molecular weight excluding hydrogens is 192 g/mol. The van der Waals surface area contributed by atoms with Gasteiger partial charge in [-0.15, -0.1) is 0 Å². The summed E-state index contributed by atoms with van der Waals surface area (Å²) in [5.74, 6) is 0. The predicted octanol–water partition coefficient (Wildman–Crippen LogP) is 0.793. The van der Waals surface area contributed by atoms with Crippen molar-refractivity contribution in [2.75, 3.05) is 5.33 Å². The van der Waals surface area contributed by atoms with Crippen molar-refractivity contribution in [1.82, 2.24) is 0 Å². The summed E-state index contributed by atoms with van der Waals surface area (Å²) in [6.45, 7) is 0. The Hall–Kier alpha value is 0.590. The number of hydrogen-bond donors (Lipinski definition) is 0. The number of rotatable bonds is 2. The van der Waals surface area contributed by atoms with Crippen molar-refractivity contribution in [2.24, 2.45) is 0 Å². The third-order valence-corrected chi connectivity index (χ3v) is 4.11. The third kappa shape index (κ3) is 0.967. The maximum absolute atomic E-state index is 10.3. The van der Waals surface area contributed by atoms with Crippen LogP contribution in [0.5, 0.6) is 0 Å². The zero-order valence-electron chi connectivity index (χ0n) is 4.22. The molecule has 0 radical (unpaired) electrons. The van der Waals surface area contributed by atoms with E-state index in [2.05, 4.69) is 15.9 Å². The fraction of sp³-hybridized carbons (Fsp3) is 1.00. The van der Waals surface area contributed by atoms with Gasteiger partial charge in [-0.2, -0.15) is 0 Å². The summed E-state index contributed by atoms with van der Waals surface area (Å²) >= 11 is 1.28. The molecule has 0 bridgehead atoms. The van der Waals surface area contributed by atoms with Crippen LogP contribution < -0.4 is 0 Å². The molecule has 2 nitrogen and oxygen atoms in total. The predicted molar refractivity (Wildman–Crippen MR) is 34.7 cm³/mol. The minimum absolute atomic E-state index is 0.375. The van der Waals surface area contributed by atoms with Crippen LogP contribution in [0.3, 0.4) is 0 Å². The average molecular weight is 198 g/mol. The first-order valence-electron chi connectivity index (χ1n) is 2.37. The van der Waals surface area contributed by atoms with E-state index in [1.165, 1.54) is 0 Å². The highest BCUT2D eigenvalue weighted by atomic mass is 79.9. The van der Waals surface area contributed by atoms with Crippen molar-refractivity contribution in [2.45, 2.75) is 17.6 Å². The van der Waals surface area contributed by atoms with E-state index < -0.39 is 11.1 Å². The van der Waals surface area contributed by atoms with E-state index in [4.69, 9.17) is 0 Å². The zero-order valence-corrected chi connectivity index (χ0v) is 6.63. The fourth-order valence-corrected chi connectivity index (χ4v) is 2.13. The molecule has 1 fully saturated rings. The molecule has 1 atom stereocenters. The van der Waals surface area contributed by atoms with Crippen LogP contribution in [0.25, 0.3) is 0 Å². The number of alkyl halides is 1. The normalized spacial score (nSPS) is 27.2. The quantitative estimate of drug-likeness (QED) is 0.486. The third-order valence-electron chi connectivity index (χ3n) is 1.40. The Kier molecular flexibility index (Phi) is 1.74. The first kappa shape index (κ1) is 6.71. The summed E-state index contributed by atoms with van der Waals surface area (Å²) < 4.78 is 20.2. The average Bonchev–Trinajstić information content (AvgIpc) is 2.44. The summed E-state index contributed by atoms with van der Waals surface area (Å²) in [5, 5.41) is 0.593. The standard InChI is InChI=1S/C4H7BrO2S/c5-3-4(1-2-4)8(6)7/h1-3H2,(H,6,7)/p-1. The van der Waals surface area contributed by atoms with Crippen LogP contribution in [0.4, 0.5) is 0 Å². The molecule has 0 saturated heterocycles. The highest BCUT2D eigenvalue weighted by Crippen LogP contribution is 2.42. The van der Waals surface area contributed by atoms with Gasteiger partial charge in [0.05, 0.1) is 0 Å². The van der Waals surface area contributed by atoms with Gasteiger partial charge in [0.1, 0.15) is 0 Å². The Bertz CT molecular complexity index is 121. The van der Waals surface area contributed by atoms with Crippen LogP contribution in [0.1, 0.15) is 12.8 Å². The number of hydrogen-bond acceptors (Lipinski definition) is 2. The van der Waals surface area contributed by atoms with E-state index in [1.54, 1.807) is 0 Å². The SMILES string of the molecule is O=S([O-])C1(CBr)CC1. The van der Waals surface area contributed by atoms with Gasteiger partial charge in [-0.25, -0.2) is 0 Å². The Morgan fingerprint density at radius 3 is 2.25 bits per heavy atom. The van der Waals surface area contributed by atoms with Crippen molar-refractivity contribution >= 4 is 27.0 Å². The molecule has 48 valence electrons. The largest absolute Gasteiger partial charge is 0.772 e. The van der Waals surface area contributed by atoms with Crippen molar-refractivity contribution in [1.29, 1.82) is 0 Å². The smallest absolute Gasteiger partial charge is 0.0425 e. The first-order valence-corrected chi connectivity index (χ1v) is 4.56. The van der Waals surface area contributed by atoms with Gasteiger partial charge in [0.25, 0.3) is 0 Å². The monoisotopic (exact) mass is 197 g/mol. The van der Waals surface area contributed by atoms with Crippen molar-refractivity contribution < 1.29 is 8.76 Å². The minimum atomic E-state index is -1.86. The van der Waals surface area contributed by atoms with Gasteiger partial charge in [0.15, 0.2) is 0 Å². The molecule has 0 aromatic heterocycles. The van der Waals surface area contributed by atoms with Crippen molar-refractivity contribution in [3.05, 3.63) is 0 Å². The van der Waals surface area contributed by atoms with Crippen LogP contribution in [0.2, 0.25) is 0 Å². The topological polar surface area (TPSA) is 40.1 Å². The molecule has 0 aliphatic heterocycles. The second-order valence-electron chi connectivity index (χ2n) is 2.05. The van der Waals surface area contributed by atoms with Gasteiger partial charge >= 0.3 is 0 Å². The summed E-state index contributed by atoms with van der Waals surface area (Å²) in [5.41, 5.74) is 0. The molecule has 0 aromatic rings. The molecule has 8 heavy (non-hydrogen) atoms. The molecule has 0 amide bonds. The number of halogens is 1. The summed E-state index contributed by atoms with van der Waals surface area (Å²) in [6, 6.07) is 0. The lowest BCUT2D eigenvalue weighted by molar-refractivity contribution is 0.524. The minimum Gasteiger partial charge on any atom is -0.772 e. The van der Waals surface area contributed by atoms with Gasteiger partial charge < -0.3 is 4.55 Å².